The number of benzene rings is 2. The lowest BCUT2D eigenvalue weighted by Gasteiger charge is -2.16. The van der Waals surface area contributed by atoms with Crippen LogP contribution in [0.3, 0.4) is 0 Å². The normalized spacial score (nSPS) is 13.4. The van der Waals surface area contributed by atoms with Crippen LogP contribution in [-0.4, -0.2) is 14.8 Å². The van der Waals surface area contributed by atoms with Gasteiger partial charge in [-0.25, -0.2) is 13.4 Å². The largest absolute Gasteiger partial charge is 0.316 e. The Morgan fingerprint density at radius 1 is 1.14 bits per heavy atom. The molecular formula is C14H13N3O2S2. The smallest absolute Gasteiger partial charge is 0.261 e. The Kier molecular flexibility index (Phi) is 3.60. The summed E-state index contributed by atoms with van der Waals surface area (Å²) in [5.74, 6) is 0. The van der Waals surface area contributed by atoms with E-state index in [1.807, 2.05) is 13.0 Å². The summed E-state index contributed by atoms with van der Waals surface area (Å²) in [4.78, 5) is 5.18. The summed E-state index contributed by atoms with van der Waals surface area (Å²) >= 11 is 1.33. The Labute approximate surface area is 127 Å². The molecule has 1 aliphatic heterocycles. The molecule has 0 saturated carbocycles. The summed E-state index contributed by atoms with van der Waals surface area (Å²) in [6.45, 7) is 1.91. The van der Waals surface area contributed by atoms with Gasteiger partial charge in [-0.05, 0) is 43.1 Å². The van der Waals surface area contributed by atoms with Crippen LogP contribution in [0.1, 0.15) is 5.56 Å². The van der Waals surface area contributed by atoms with Crippen molar-refractivity contribution < 1.29 is 8.42 Å². The van der Waals surface area contributed by atoms with Gasteiger partial charge in [0.1, 0.15) is 0 Å². The van der Waals surface area contributed by atoms with Gasteiger partial charge in [-0.3, -0.25) is 4.72 Å². The van der Waals surface area contributed by atoms with Gasteiger partial charge < -0.3 is 4.72 Å². The van der Waals surface area contributed by atoms with Gasteiger partial charge in [0.25, 0.3) is 10.0 Å². The predicted octanol–water partition coefficient (Wildman–Crippen LogP) is 3.07. The van der Waals surface area contributed by atoms with E-state index in [1.54, 1.807) is 42.7 Å². The molecule has 2 aromatic rings. The first-order valence-corrected chi connectivity index (χ1v) is 8.54. The number of aryl methyl sites for hydroxylation is 1. The molecule has 108 valence electrons. The maximum atomic E-state index is 12.4. The fourth-order valence-corrected chi connectivity index (χ4v) is 3.73. The molecular weight excluding hydrogens is 306 g/mol. The van der Waals surface area contributed by atoms with Crippen LogP contribution in [0, 0.1) is 6.92 Å². The van der Waals surface area contributed by atoms with Gasteiger partial charge in [0.15, 0.2) is 0 Å². The van der Waals surface area contributed by atoms with Crippen molar-refractivity contribution in [2.75, 3.05) is 4.72 Å². The van der Waals surface area contributed by atoms with Gasteiger partial charge in [0, 0.05) is 0 Å². The van der Waals surface area contributed by atoms with Crippen molar-refractivity contribution in [2.24, 2.45) is 4.99 Å². The van der Waals surface area contributed by atoms with Gasteiger partial charge in [-0.15, -0.1) is 0 Å². The predicted molar refractivity (Wildman–Crippen MR) is 85.6 cm³/mol. The minimum atomic E-state index is -3.61. The summed E-state index contributed by atoms with van der Waals surface area (Å²) in [5.41, 5.74) is 2.27. The number of nitrogens with zero attached hydrogens (tertiary/aromatic N) is 1. The van der Waals surface area contributed by atoms with Gasteiger partial charge in [-0.1, -0.05) is 23.8 Å². The molecule has 7 heteroatoms. The zero-order valence-electron chi connectivity index (χ0n) is 11.2. The van der Waals surface area contributed by atoms with E-state index in [2.05, 4.69) is 14.4 Å². The summed E-state index contributed by atoms with van der Waals surface area (Å²) in [7, 11) is -3.61. The van der Waals surface area contributed by atoms with Gasteiger partial charge >= 0.3 is 0 Å². The molecule has 2 N–H and O–H groups in total. The van der Waals surface area contributed by atoms with Crippen molar-refractivity contribution in [2.45, 2.75) is 16.7 Å². The van der Waals surface area contributed by atoms with Gasteiger partial charge in [-0.2, -0.15) is 0 Å². The van der Waals surface area contributed by atoms with Crippen molar-refractivity contribution >= 4 is 39.7 Å². The van der Waals surface area contributed by atoms with Crippen molar-refractivity contribution in [3.63, 3.8) is 0 Å². The number of fused-ring (bicyclic) bond motifs is 1. The average Bonchev–Trinajstić information content (AvgIpc) is 2.48. The topological polar surface area (TPSA) is 70.6 Å². The van der Waals surface area contributed by atoms with Crippen LogP contribution in [0.5, 0.6) is 0 Å². The van der Waals surface area contributed by atoms with E-state index in [1.165, 1.54) is 11.9 Å². The minimum Gasteiger partial charge on any atom is -0.316 e. The fraction of sp³-hybridized carbons (Fsp3) is 0.0714. The van der Waals surface area contributed by atoms with E-state index in [-0.39, 0.29) is 4.90 Å². The third-order valence-corrected chi connectivity index (χ3v) is 5.23. The molecule has 2 aromatic carbocycles. The number of sulfonamides is 1. The van der Waals surface area contributed by atoms with E-state index in [9.17, 15) is 8.42 Å². The van der Waals surface area contributed by atoms with Crippen molar-refractivity contribution in [1.82, 2.24) is 4.72 Å². The highest BCUT2D eigenvalue weighted by Gasteiger charge is 2.18. The number of aliphatic imine (C=N–C) groups is 1. The Morgan fingerprint density at radius 3 is 2.67 bits per heavy atom. The van der Waals surface area contributed by atoms with E-state index in [0.717, 1.165) is 16.1 Å². The lowest BCUT2D eigenvalue weighted by Crippen LogP contribution is -2.14. The second kappa shape index (κ2) is 5.42. The van der Waals surface area contributed by atoms with E-state index in [4.69, 9.17) is 0 Å². The van der Waals surface area contributed by atoms with Crippen LogP contribution in [0.15, 0.2) is 57.2 Å². The molecule has 3 rings (SSSR count). The first kappa shape index (κ1) is 14.0. The first-order chi connectivity index (χ1) is 10.1. The summed E-state index contributed by atoms with van der Waals surface area (Å²) in [5, 5.41) is 0. The number of rotatable bonds is 3. The molecule has 0 amide bonds. The first-order valence-electron chi connectivity index (χ1n) is 6.24. The van der Waals surface area contributed by atoms with Crippen molar-refractivity contribution in [1.29, 1.82) is 0 Å². The molecule has 0 radical (unpaired) electrons. The lowest BCUT2D eigenvalue weighted by atomic mass is 10.2. The van der Waals surface area contributed by atoms with Crippen molar-refractivity contribution in [3.05, 3.63) is 48.0 Å². The third kappa shape index (κ3) is 2.88. The molecule has 0 aliphatic carbocycles. The van der Waals surface area contributed by atoms with Crippen LogP contribution in [-0.2, 0) is 10.0 Å². The molecule has 1 aliphatic rings. The zero-order chi connectivity index (χ0) is 14.9. The maximum Gasteiger partial charge on any atom is 0.261 e. The Balaban J connectivity index is 1.96. The molecule has 21 heavy (non-hydrogen) atoms. The van der Waals surface area contributed by atoms with Crippen LogP contribution in [0.2, 0.25) is 0 Å². The van der Waals surface area contributed by atoms with Gasteiger partial charge in [0.2, 0.25) is 0 Å². The highest BCUT2D eigenvalue weighted by molar-refractivity contribution is 7.98. The second-order valence-corrected chi connectivity index (χ2v) is 7.08. The minimum absolute atomic E-state index is 0.239. The number of nitrogens with one attached hydrogen (secondary N) is 2. The molecule has 0 fully saturated rings. The molecule has 0 aromatic heterocycles. The summed E-state index contributed by atoms with van der Waals surface area (Å²) < 4.78 is 30.4. The van der Waals surface area contributed by atoms with Crippen LogP contribution in [0.25, 0.3) is 0 Å². The van der Waals surface area contributed by atoms with Gasteiger partial charge in [0.05, 0.1) is 27.5 Å². The maximum absolute atomic E-state index is 12.4. The number of hydrogen-bond donors (Lipinski definition) is 2. The number of anilines is 1. The monoisotopic (exact) mass is 319 g/mol. The molecule has 0 atom stereocenters. The second-order valence-electron chi connectivity index (χ2n) is 4.55. The van der Waals surface area contributed by atoms with E-state index in [0.29, 0.717) is 5.69 Å². The van der Waals surface area contributed by atoms with Crippen LogP contribution < -0.4 is 9.44 Å². The third-order valence-electron chi connectivity index (χ3n) is 2.99. The highest BCUT2D eigenvalue weighted by Crippen LogP contribution is 2.37. The quantitative estimate of drug-likeness (QED) is 0.853. The van der Waals surface area contributed by atoms with Crippen molar-refractivity contribution in [3.8, 4) is 0 Å². The Bertz CT molecular complexity index is 799. The Morgan fingerprint density at radius 2 is 1.90 bits per heavy atom. The summed E-state index contributed by atoms with van der Waals surface area (Å²) in [6, 6.07) is 12.1. The molecule has 0 bridgehead atoms. The molecule has 5 nitrogen and oxygen atoms in total. The fourth-order valence-electron chi connectivity index (χ4n) is 1.92. The zero-order valence-corrected chi connectivity index (χ0v) is 12.8. The molecule has 0 spiro atoms. The lowest BCUT2D eigenvalue weighted by molar-refractivity contribution is 0.601. The standard InChI is InChI=1S/C14H13N3O2S2/c1-10-5-7-11(8-6-10)21(18,19)17-13-4-2-3-12-14(13)20-16-9-15-12/h2-9,17H,1H3,(H,15,16). The molecule has 0 saturated heterocycles. The number of hydrogen-bond acceptors (Lipinski definition) is 5. The SMILES string of the molecule is Cc1ccc(S(=O)(=O)Nc2cccc3c2SNC=N3)cc1. The van der Waals surface area contributed by atoms with E-state index >= 15 is 0 Å². The van der Waals surface area contributed by atoms with E-state index < -0.39 is 10.0 Å². The molecule has 1 heterocycles. The average molecular weight is 319 g/mol. The van der Waals surface area contributed by atoms with Crippen LogP contribution >= 0.6 is 11.9 Å². The summed E-state index contributed by atoms with van der Waals surface area (Å²) in [6.07, 6.45) is 1.57. The Hall–Kier alpha value is -1.99. The van der Waals surface area contributed by atoms with Crippen LogP contribution in [0.4, 0.5) is 11.4 Å². The molecule has 0 unspecified atom stereocenters. The highest BCUT2D eigenvalue weighted by atomic mass is 32.2.